The summed E-state index contributed by atoms with van der Waals surface area (Å²) >= 11 is 11.6. The van der Waals surface area contributed by atoms with Gasteiger partial charge in [0, 0.05) is 24.7 Å². The third kappa shape index (κ3) is 5.52. The van der Waals surface area contributed by atoms with Gasteiger partial charge in [-0.15, -0.1) is 0 Å². The maximum Gasteiger partial charge on any atom is 0.335 e. The van der Waals surface area contributed by atoms with Crippen molar-refractivity contribution in [3.05, 3.63) is 28.2 Å². The van der Waals surface area contributed by atoms with Crippen molar-refractivity contribution in [2.75, 3.05) is 20.2 Å². The minimum absolute atomic E-state index is 0.195. The number of benzene rings is 1. The molecule has 0 heterocycles. The van der Waals surface area contributed by atoms with Crippen LogP contribution in [-0.2, 0) is 10.3 Å². The molecule has 1 aromatic carbocycles. The summed E-state index contributed by atoms with van der Waals surface area (Å²) in [5.41, 5.74) is 0. The third-order valence-electron chi connectivity index (χ3n) is 2.19. The maximum absolute atomic E-state index is 10.7. The highest BCUT2D eigenvalue weighted by Gasteiger charge is 2.18. The average Bonchev–Trinajstić information content (AvgIpc) is 2.29. The summed E-state index contributed by atoms with van der Waals surface area (Å²) in [5, 5.41) is 10.3. The van der Waals surface area contributed by atoms with Gasteiger partial charge in [-0.05, 0) is 12.1 Å². The van der Waals surface area contributed by atoms with Gasteiger partial charge in [0.1, 0.15) is 18.5 Å². The molecule has 0 aliphatic rings. The second kappa shape index (κ2) is 6.74. The Kier molecular flexibility index (Phi) is 5.84. The van der Waals surface area contributed by atoms with Crippen LogP contribution in [-0.4, -0.2) is 48.7 Å². The topological polar surface area (TPSA) is 87.1 Å². The number of nitrogens with zero attached hydrogens (tertiary/aromatic N) is 1. The van der Waals surface area contributed by atoms with Gasteiger partial charge >= 0.3 is 10.3 Å². The lowest BCUT2D eigenvalue weighted by Gasteiger charge is -2.18. The van der Waals surface area contributed by atoms with E-state index in [0.717, 1.165) is 7.05 Å². The molecule has 9 heteroatoms. The average molecular weight is 330 g/mol. The fraction of sp³-hybridized carbons (Fsp3) is 0.400. The van der Waals surface area contributed by atoms with Gasteiger partial charge in [0.2, 0.25) is 0 Å². The summed E-state index contributed by atoms with van der Waals surface area (Å²) in [7, 11) is -3.20. The Morgan fingerprint density at radius 2 is 2.05 bits per heavy atom. The van der Waals surface area contributed by atoms with Crippen molar-refractivity contribution in [2.24, 2.45) is 0 Å². The van der Waals surface area contributed by atoms with Crippen molar-refractivity contribution in [1.29, 1.82) is 0 Å². The molecule has 0 aliphatic carbocycles. The molecule has 19 heavy (non-hydrogen) atoms. The van der Waals surface area contributed by atoms with Crippen LogP contribution in [0.2, 0.25) is 10.0 Å². The number of halogens is 2. The van der Waals surface area contributed by atoms with E-state index in [-0.39, 0.29) is 18.9 Å². The van der Waals surface area contributed by atoms with Crippen LogP contribution in [0.15, 0.2) is 18.2 Å². The van der Waals surface area contributed by atoms with Gasteiger partial charge in [0.25, 0.3) is 0 Å². The summed E-state index contributed by atoms with van der Waals surface area (Å²) < 4.78 is 36.0. The summed E-state index contributed by atoms with van der Waals surface area (Å²) in [4.78, 5) is 0. The Labute approximate surface area is 121 Å². The van der Waals surface area contributed by atoms with Crippen LogP contribution >= 0.6 is 23.2 Å². The number of ether oxygens (including phenoxy) is 1. The Bertz CT molecular complexity index is 537. The van der Waals surface area contributed by atoms with Crippen LogP contribution in [0.3, 0.4) is 0 Å². The molecule has 0 saturated heterocycles. The first-order chi connectivity index (χ1) is 8.70. The highest BCUT2D eigenvalue weighted by molar-refractivity contribution is 7.83. The fourth-order valence-electron chi connectivity index (χ4n) is 1.22. The lowest BCUT2D eigenvalue weighted by atomic mass is 10.3. The number of likely N-dealkylation sites (N-methyl/N-ethyl adjacent to an activating group) is 1. The van der Waals surface area contributed by atoms with Crippen LogP contribution in [0.1, 0.15) is 0 Å². The van der Waals surface area contributed by atoms with E-state index in [4.69, 9.17) is 32.5 Å². The number of hydrogen-bond acceptors (Lipinski definition) is 4. The van der Waals surface area contributed by atoms with Crippen molar-refractivity contribution >= 4 is 33.5 Å². The number of aliphatic hydroxyl groups excluding tert-OH is 1. The zero-order chi connectivity index (χ0) is 14.6. The molecule has 0 fully saturated rings. The van der Waals surface area contributed by atoms with Crippen molar-refractivity contribution in [2.45, 2.75) is 6.10 Å². The van der Waals surface area contributed by atoms with E-state index in [2.05, 4.69) is 0 Å². The Balaban J connectivity index is 2.55. The summed E-state index contributed by atoms with van der Waals surface area (Å²) in [6.45, 7) is -0.503. The normalized spacial score (nSPS) is 13.6. The number of hydrogen-bond donors (Lipinski definition) is 2. The third-order valence-corrected chi connectivity index (χ3v) is 3.67. The molecular formula is C10H13Cl2NO5S. The van der Waals surface area contributed by atoms with E-state index in [1.165, 1.54) is 12.1 Å². The van der Waals surface area contributed by atoms with Crippen molar-refractivity contribution < 1.29 is 22.8 Å². The van der Waals surface area contributed by atoms with Crippen molar-refractivity contribution in [3.8, 4) is 5.75 Å². The molecular weight excluding hydrogens is 317 g/mol. The lowest BCUT2D eigenvalue weighted by molar-refractivity contribution is 0.0918. The lowest BCUT2D eigenvalue weighted by Crippen LogP contribution is -2.36. The van der Waals surface area contributed by atoms with Crippen LogP contribution < -0.4 is 4.74 Å². The first kappa shape index (κ1) is 16.5. The molecule has 1 aromatic rings. The molecule has 0 saturated carbocycles. The van der Waals surface area contributed by atoms with Gasteiger partial charge in [-0.2, -0.15) is 12.7 Å². The highest BCUT2D eigenvalue weighted by Crippen LogP contribution is 2.27. The molecule has 1 atom stereocenters. The maximum atomic E-state index is 10.7. The van der Waals surface area contributed by atoms with Crippen LogP contribution in [0.4, 0.5) is 0 Å². The monoisotopic (exact) mass is 329 g/mol. The molecule has 0 amide bonds. The fourth-order valence-corrected chi connectivity index (χ4v) is 1.91. The first-order valence-corrected chi connectivity index (χ1v) is 7.30. The van der Waals surface area contributed by atoms with E-state index in [0.29, 0.717) is 14.4 Å². The van der Waals surface area contributed by atoms with E-state index in [1.54, 1.807) is 6.07 Å². The number of rotatable bonds is 6. The molecule has 6 nitrogen and oxygen atoms in total. The van der Waals surface area contributed by atoms with E-state index >= 15 is 0 Å². The smallest absolute Gasteiger partial charge is 0.335 e. The molecule has 0 aliphatic heterocycles. The van der Waals surface area contributed by atoms with E-state index in [9.17, 15) is 13.5 Å². The summed E-state index contributed by atoms with van der Waals surface area (Å²) in [6, 6.07) is 4.60. The molecule has 0 aromatic heterocycles. The Morgan fingerprint density at radius 3 is 2.63 bits per heavy atom. The van der Waals surface area contributed by atoms with Gasteiger partial charge in [-0.25, -0.2) is 0 Å². The van der Waals surface area contributed by atoms with Gasteiger partial charge < -0.3 is 9.84 Å². The van der Waals surface area contributed by atoms with E-state index in [1.807, 2.05) is 0 Å². The standard InChI is InChI=1S/C10H13Cl2NO5S/c1-13(19(15,16)17)5-8(14)6-18-10-4-7(11)2-3-9(10)12/h2-4,8,14H,5-6H2,1H3,(H,15,16,17). The predicted octanol–water partition coefficient (Wildman–Crippen LogP) is 1.47. The zero-order valence-electron chi connectivity index (χ0n) is 9.95. The van der Waals surface area contributed by atoms with Gasteiger partial charge in [0.05, 0.1) is 5.02 Å². The van der Waals surface area contributed by atoms with Gasteiger partial charge in [0.15, 0.2) is 0 Å². The van der Waals surface area contributed by atoms with Crippen LogP contribution in [0, 0.1) is 0 Å². The van der Waals surface area contributed by atoms with E-state index < -0.39 is 16.4 Å². The summed E-state index contributed by atoms with van der Waals surface area (Å²) in [5.74, 6) is 0.280. The molecule has 1 unspecified atom stereocenters. The predicted molar refractivity (Wildman–Crippen MR) is 72.1 cm³/mol. The molecule has 0 radical (unpaired) electrons. The largest absolute Gasteiger partial charge is 0.489 e. The van der Waals surface area contributed by atoms with Crippen LogP contribution in [0.5, 0.6) is 5.75 Å². The molecule has 108 valence electrons. The van der Waals surface area contributed by atoms with Crippen LogP contribution in [0.25, 0.3) is 0 Å². The Morgan fingerprint density at radius 1 is 1.42 bits per heavy atom. The quantitative estimate of drug-likeness (QED) is 0.771. The first-order valence-electron chi connectivity index (χ1n) is 5.15. The zero-order valence-corrected chi connectivity index (χ0v) is 12.3. The number of aliphatic hydroxyl groups is 1. The SMILES string of the molecule is CN(CC(O)COc1cc(Cl)ccc1Cl)S(=O)(=O)O. The minimum atomic E-state index is -4.33. The van der Waals surface area contributed by atoms with Gasteiger partial charge in [-0.1, -0.05) is 23.2 Å². The van der Waals surface area contributed by atoms with Gasteiger partial charge in [-0.3, -0.25) is 4.55 Å². The molecule has 2 N–H and O–H groups in total. The molecule has 1 rings (SSSR count). The summed E-state index contributed by atoms with van der Waals surface area (Å²) in [6.07, 6.45) is -1.12. The molecule has 0 bridgehead atoms. The second-order valence-electron chi connectivity index (χ2n) is 3.80. The van der Waals surface area contributed by atoms with Crippen molar-refractivity contribution in [3.63, 3.8) is 0 Å². The Hall–Kier alpha value is -0.570. The molecule has 0 spiro atoms. The highest BCUT2D eigenvalue weighted by atomic mass is 35.5. The second-order valence-corrected chi connectivity index (χ2v) is 6.16. The van der Waals surface area contributed by atoms with Crippen molar-refractivity contribution in [1.82, 2.24) is 4.31 Å². The minimum Gasteiger partial charge on any atom is -0.489 e.